The molecule has 1 aliphatic rings. The predicted molar refractivity (Wildman–Crippen MR) is 237 cm³/mol. The fourth-order valence-electron chi connectivity index (χ4n) is 9.51. The van der Waals surface area contributed by atoms with E-state index in [1.165, 1.54) is 65.8 Å². The van der Waals surface area contributed by atoms with E-state index >= 15 is 0 Å². The Morgan fingerprint density at radius 2 is 0.964 bits per heavy atom. The highest BCUT2D eigenvalue weighted by molar-refractivity contribution is 6.12. The lowest BCUT2D eigenvalue weighted by atomic mass is 9.81. The summed E-state index contributed by atoms with van der Waals surface area (Å²) in [7, 11) is 0. The van der Waals surface area contributed by atoms with Crippen LogP contribution in [0.5, 0.6) is 0 Å². The van der Waals surface area contributed by atoms with E-state index in [-0.39, 0.29) is 5.41 Å². The van der Waals surface area contributed by atoms with Gasteiger partial charge in [0, 0.05) is 37.9 Å². The van der Waals surface area contributed by atoms with Crippen molar-refractivity contribution in [1.82, 2.24) is 13.7 Å². The molecule has 3 aromatic heterocycles. The Balaban J connectivity index is 1.37. The molecule has 6 aromatic carbocycles. The van der Waals surface area contributed by atoms with Crippen molar-refractivity contribution in [2.24, 2.45) is 0 Å². The second-order valence-corrected chi connectivity index (χ2v) is 15.1. The van der Waals surface area contributed by atoms with Gasteiger partial charge in [0.05, 0.1) is 50.3 Å². The van der Waals surface area contributed by atoms with Crippen molar-refractivity contribution < 1.29 is 0 Å². The van der Waals surface area contributed by atoms with Gasteiger partial charge in [0.15, 0.2) is 0 Å². The Morgan fingerprint density at radius 3 is 1.47 bits per heavy atom. The third kappa shape index (κ3) is 4.50. The van der Waals surface area contributed by atoms with Crippen molar-refractivity contribution in [3.8, 4) is 17.1 Å². The molecule has 3 heteroatoms. The summed E-state index contributed by atoms with van der Waals surface area (Å²) in [4.78, 5) is 0. The predicted octanol–water partition coefficient (Wildman–Crippen LogP) is 13.9. The standard InChI is InChI=1S/C52H41N3/c1-7-19-46-37(9-3)38-20-11-15-24-47(38)53(46)33-28-34(54-48-25-16-12-21-39(48)40-22-13-17-26-49(40)54)30-35(29-33)55-50-27-18-14-23-41(50)43-31-42-36(8-2)44(10-4)52(5,6)45(42)32-51(43)55/h7-32H,2-4H2,1,5-6H3/b19-7-. The average Bonchev–Trinajstić information content (AvgIpc) is 3.89. The van der Waals surface area contributed by atoms with Gasteiger partial charge in [0.2, 0.25) is 0 Å². The lowest BCUT2D eigenvalue weighted by molar-refractivity contribution is 0.655. The molecule has 0 fully saturated rings. The zero-order valence-corrected chi connectivity index (χ0v) is 31.5. The van der Waals surface area contributed by atoms with Crippen LogP contribution in [0.15, 0.2) is 171 Å². The summed E-state index contributed by atoms with van der Waals surface area (Å²) in [5, 5.41) is 6.07. The number of hydrogen-bond donors (Lipinski definition) is 0. The SMILES string of the molecule is C=CC1=C(C=C)C(C)(C)c2cc3c(cc21)c1ccccc1n3-c1cc(-n2c(/C=C\C)c(C=C)c3ccccc32)cc(-n2c3ccccc3c3ccccc32)c1. The van der Waals surface area contributed by atoms with Crippen LogP contribution < -0.4 is 0 Å². The first-order valence-corrected chi connectivity index (χ1v) is 19.0. The lowest BCUT2D eigenvalue weighted by Gasteiger charge is -2.23. The number of fused-ring (bicyclic) bond motifs is 8. The maximum Gasteiger partial charge on any atom is 0.0544 e. The summed E-state index contributed by atoms with van der Waals surface area (Å²) in [6.45, 7) is 19.4. The van der Waals surface area contributed by atoms with Gasteiger partial charge in [-0.05, 0) is 89.9 Å². The van der Waals surface area contributed by atoms with Crippen LogP contribution in [0.1, 0.15) is 43.2 Å². The third-order valence-electron chi connectivity index (χ3n) is 11.9. The average molecular weight is 708 g/mol. The Bertz CT molecular complexity index is 3130. The lowest BCUT2D eigenvalue weighted by Crippen LogP contribution is -2.16. The number of benzene rings is 6. The summed E-state index contributed by atoms with van der Waals surface area (Å²) in [5.74, 6) is 0. The van der Waals surface area contributed by atoms with Crippen molar-refractivity contribution in [3.63, 3.8) is 0 Å². The number of para-hydroxylation sites is 4. The molecule has 0 aliphatic heterocycles. The molecule has 264 valence electrons. The summed E-state index contributed by atoms with van der Waals surface area (Å²) in [5.41, 5.74) is 16.0. The highest BCUT2D eigenvalue weighted by atomic mass is 15.0. The van der Waals surface area contributed by atoms with E-state index < -0.39 is 0 Å². The quantitative estimate of drug-likeness (QED) is 0.157. The molecule has 0 saturated heterocycles. The monoisotopic (exact) mass is 707 g/mol. The molecular formula is C52H41N3. The Hall–Kier alpha value is -6.84. The van der Waals surface area contributed by atoms with Crippen LogP contribution in [0.4, 0.5) is 0 Å². The van der Waals surface area contributed by atoms with Crippen LogP contribution >= 0.6 is 0 Å². The fraction of sp³-hybridized carbons (Fsp3) is 0.0769. The van der Waals surface area contributed by atoms with Gasteiger partial charge in [-0.1, -0.05) is 131 Å². The van der Waals surface area contributed by atoms with E-state index in [1.807, 2.05) is 18.2 Å². The van der Waals surface area contributed by atoms with E-state index in [0.717, 1.165) is 39.4 Å². The summed E-state index contributed by atoms with van der Waals surface area (Å²) >= 11 is 0. The van der Waals surface area contributed by atoms with Gasteiger partial charge in [-0.3, -0.25) is 0 Å². The molecule has 3 nitrogen and oxygen atoms in total. The first-order valence-electron chi connectivity index (χ1n) is 19.0. The molecule has 0 atom stereocenters. The zero-order chi connectivity index (χ0) is 37.6. The molecular weight excluding hydrogens is 667 g/mol. The molecule has 0 unspecified atom stereocenters. The van der Waals surface area contributed by atoms with E-state index in [9.17, 15) is 0 Å². The summed E-state index contributed by atoms with van der Waals surface area (Å²) < 4.78 is 7.30. The maximum atomic E-state index is 4.28. The van der Waals surface area contributed by atoms with Gasteiger partial charge in [0.1, 0.15) is 0 Å². The van der Waals surface area contributed by atoms with Gasteiger partial charge < -0.3 is 13.7 Å². The molecule has 0 amide bonds. The topological polar surface area (TPSA) is 14.8 Å². The van der Waals surface area contributed by atoms with Gasteiger partial charge in [0.25, 0.3) is 0 Å². The number of rotatable bonds is 7. The highest BCUT2D eigenvalue weighted by Gasteiger charge is 2.36. The molecule has 0 bridgehead atoms. The minimum Gasteiger partial charge on any atom is -0.309 e. The maximum absolute atomic E-state index is 4.28. The van der Waals surface area contributed by atoms with Gasteiger partial charge >= 0.3 is 0 Å². The smallest absolute Gasteiger partial charge is 0.0544 e. The van der Waals surface area contributed by atoms with Crippen LogP contribution in [0, 0.1) is 0 Å². The van der Waals surface area contributed by atoms with Crippen molar-refractivity contribution in [2.45, 2.75) is 26.2 Å². The number of aromatic nitrogens is 3. The molecule has 1 aliphatic carbocycles. The molecule has 10 rings (SSSR count). The van der Waals surface area contributed by atoms with E-state index in [1.54, 1.807) is 0 Å². The minimum atomic E-state index is -0.224. The number of allylic oxidation sites excluding steroid dienone is 5. The van der Waals surface area contributed by atoms with Crippen LogP contribution in [-0.4, -0.2) is 13.7 Å². The largest absolute Gasteiger partial charge is 0.309 e. The van der Waals surface area contributed by atoms with Crippen molar-refractivity contribution >= 4 is 72.2 Å². The van der Waals surface area contributed by atoms with Crippen LogP contribution in [0.3, 0.4) is 0 Å². The Kier molecular flexibility index (Phi) is 7.21. The first kappa shape index (κ1) is 32.8. The number of hydrogen-bond acceptors (Lipinski definition) is 0. The normalized spacial score (nSPS) is 13.9. The molecule has 0 N–H and O–H groups in total. The molecule has 0 saturated carbocycles. The van der Waals surface area contributed by atoms with Crippen LogP contribution in [-0.2, 0) is 5.41 Å². The molecule has 55 heavy (non-hydrogen) atoms. The van der Waals surface area contributed by atoms with E-state index in [0.29, 0.717) is 0 Å². The second kappa shape index (κ2) is 12.1. The fourth-order valence-corrected chi connectivity index (χ4v) is 9.51. The van der Waals surface area contributed by atoms with Crippen molar-refractivity contribution in [2.75, 3.05) is 0 Å². The molecule has 0 radical (unpaired) electrons. The molecule has 0 spiro atoms. The van der Waals surface area contributed by atoms with Gasteiger partial charge in [-0.15, -0.1) is 0 Å². The second-order valence-electron chi connectivity index (χ2n) is 15.1. The molecule has 3 heterocycles. The Morgan fingerprint density at radius 1 is 0.491 bits per heavy atom. The van der Waals surface area contributed by atoms with Crippen LogP contribution in [0.2, 0.25) is 0 Å². The highest BCUT2D eigenvalue weighted by Crippen LogP contribution is 2.50. The van der Waals surface area contributed by atoms with Crippen molar-refractivity contribution in [1.29, 1.82) is 0 Å². The Labute approximate surface area is 321 Å². The zero-order valence-electron chi connectivity index (χ0n) is 31.5. The first-order chi connectivity index (χ1) is 26.9. The van der Waals surface area contributed by atoms with E-state index in [4.69, 9.17) is 0 Å². The number of nitrogens with zero attached hydrogens (tertiary/aromatic N) is 3. The molecule has 9 aromatic rings. The minimum absolute atomic E-state index is 0.224. The third-order valence-corrected chi connectivity index (χ3v) is 11.9. The summed E-state index contributed by atoms with van der Waals surface area (Å²) in [6.07, 6.45) is 10.3. The van der Waals surface area contributed by atoms with Gasteiger partial charge in [-0.25, -0.2) is 0 Å². The van der Waals surface area contributed by atoms with Gasteiger partial charge in [-0.2, -0.15) is 0 Å². The summed E-state index contributed by atoms with van der Waals surface area (Å²) in [6, 6.07) is 46.8. The van der Waals surface area contributed by atoms with E-state index in [2.05, 4.69) is 194 Å². The van der Waals surface area contributed by atoms with Crippen molar-refractivity contribution in [3.05, 3.63) is 193 Å². The van der Waals surface area contributed by atoms with Crippen LogP contribution in [0.25, 0.3) is 89.3 Å².